The number of halogens is 1. The highest BCUT2D eigenvalue weighted by atomic mass is 35.5. The van der Waals surface area contributed by atoms with Gasteiger partial charge in [0.05, 0.1) is 6.54 Å². The molecule has 0 radical (unpaired) electrons. The van der Waals surface area contributed by atoms with Gasteiger partial charge in [0.1, 0.15) is 5.15 Å². The Morgan fingerprint density at radius 1 is 1.40 bits per heavy atom. The smallest absolute Gasteiger partial charge is 0.254 e. The number of hydrogen-bond donors (Lipinski definition) is 1. The number of aromatic nitrogens is 1. The molecular formula is C14H20ClN3O2. The van der Waals surface area contributed by atoms with Crippen molar-refractivity contribution in [1.82, 2.24) is 9.88 Å². The molecule has 0 saturated heterocycles. The summed E-state index contributed by atoms with van der Waals surface area (Å²) in [5.41, 5.74) is 6.39. The van der Waals surface area contributed by atoms with Crippen LogP contribution < -0.4 is 5.73 Å². The number of amides is 2. The lowest BCUT2D eigenvalue weighted by Crippen LogP contribution is -2.42. The fourth-order valence-corrected chi connectivity index (χ4v) is 2.11. The molecule has 0 spiro atoms. The number of aryl methyl sites for hydroxylation is 1. The van der Waals surface area contributed by atoms with Crippen molar-refractivity contribution in [2.75, 3.05) is 6.54 Å². The summed E-state index contributed by atoms with van der Waals surface area (Å²) in [6, 6.07) is 3.10. The zero-order valence-electron chi connectivity index (χ0n) is 12.0. The Labute approximate surface area is 124 Å². The SMILES string of the molecule is CCCc1cc(C(=O)N(CC(N)=O)C(C)C)cc(Cl)n1. The summed E-state index contributed by atoms with van der Waals surface area (Å²) in [6.07, 6.45) is 1.66. The number of pyridine rings is 1. The van der Waals surface area contributed by atoms with Gasteiger partial charge in [-0.05, 0) is 32.4 Å². The quantitative estimate of drug-likeness (QED) is 0.816. The van der Waals surface area contributed by atoms with Crippen molar-refractivity contribution in [3.05, 3.63) is 28.5 Å². The molecule has 6 heteroatoms. The highest BCUT2D eigenvalue weighted by Gasteiger charge is 2.21. The van der Waals surface area contributed by atoms with Crippen molar-refractivity contribution in [3.8, 4) is 0 Å². The fraction of sp³-hybridized carbons (Fsp3) is 0.500. The van der Waals surface area contributed by atoms with E-state index < -0.39 is 5.91 Å². The van der Waals surface area contributed by atoms with Gasteiger partial charge in [0.15, 0.2) is 0 Å². The van der Waals surface area contributed by atoms with Gasteiger partial charge in [-0.3, -0.25) is 9.59 Å². The van der Waals surface area contributed by atoms with Crippen molar-refractivity contribution in [2.24, 2.45) is 5.73 Å². The van der Waals surface area contributed by atoms with Crippen LogP contribution in [0.2, 0.25) is 5.15 Å². The van der Waals surface area contributed by atoms with Crippen LogP contribution in [0.3, 0.4) is 0 Å². The van der Waals surface area contributed by atoms with E-state index in [9.17, 15) is 9.59 Å². The van der Waals surface area contributed by atoms with Crippen molar-refractivity contribution < 1.29 is 9.59 Å². The van der Waals surface area contributed by atoms with Gasteiger partial charge in [-0.1, -0.05) is 24.9 Å². The Morgan fingerprint density at radius 3 is 2.55 bits per heavy atom. The van der Waals surface area contributed by atoms with E-state index >= 15 is 0 Å². The number of carbonyl (C=O) groups is 2. The van der Waals surface area contributed by atoms with Gasteiger partial charge in [0.2, 0.25) is 5.91 Å². The topological polar surface area (TPSA) is 76.3 Å². The normalized spacial score (nSPS) is 10.7. The molecule has 0 saturated carbocycles. The van der Waals surface area contributed by atoms with Gasteiger partial charge < -0.3 is 10.6 Å². The molecule has 1 aromatic heterocycles. The van der Waals surface area contributed by atoms with Crippen molar-refractivity contribution in [1.29, 1.82) is 0 Å². The molecule has 0 aliphatic carbocycles. The van der Waals surface area contributed by atoms with E-state index in [-0.39, 0.29) is 23.6 Å². The lowest BCUT2D eigenvalue weighted by molar-refractivity contribution is -0.119. The van der Waals surface area contributed by atoms with Crippen LogP contribution in [0.1, 0.15) is 43.2 Å². The highest BCUT2D eigenvalue weighted by Crippen LogP contribution is 2.15. The molecule has 0 aliphatic rings. The molecule has 0 atom stereocenters. The maximum atomic E-state index is 12.5. The summed E-state index contributed by atoms with van der Waals surface area (Å²) >= 11 is 5.95. The number of primary amides is 1. The molecule has 1 rings (SSSR count). The van der Waals surface area contributed by atoms with Crippen molar-refractivity contribution in [2.45, 2.75) is 39.7 Å². The van der Waals surface area contributed by atoms with Gasteiger partial charge in [-0.2, -0.15) is 0 Å². The maximum Gasteiger partial charge on any atom is 0.254 e. The standard InChI is InChI=1S/C14H20ClN3O2/c1-4-5-11-6-10(7-12(15)17-11)14(20)18(9(2)3)8-13(16)19/h6-7,9H,4-5,8H2,1-3H3,(H2,16,19). The summed E-state index contributed by atoms with van der Waals surface area (Å²) in [5.74, 6) is -0.804. The first-order valence-corrected chi connectivity index (χ1v) is 6.98. The second-order valence-electron chi connectivity index (χ2n) is 4.91. The first-order chi connectivity index (χ1) is 9.35. The van der Waals surface area contributed by atoms with Crippen LogP contribution >= 0.6 is 11.6 Å². The van der Waals surface area contributed by atoms with Crippen LogP contribution in [0.15, 0.2) is 12.1 Å². The molecule has 5 nitrogen and oxygen atoms in total. The van der Waals surface area contributed by atoms with Crippen molar-refractivity contribution >= 4 is 23.4 Å². The second-order valence-corrected chi connectivity index (χ2v) is 5.30. The van der Waals surface area contributed by atoms with Crippen LogP contribution in [0.5, 0.6) is 0 Å². The predicted octanol–water partition coefficient (Wildman–Crippen LogP) is 2.02. The molecular weight excluding hydrogens is 278 g/mol. The molecule has 0 unspecified atom stereocenters. The average Bonchev–Trinajstić information content (AvgIpc) is 2.34. The van der Waals surface area contributed by atoms with E-state index in [4.69, 9.17) is 17.3 Å². The van der Waals surface area contributed by atoms with Gasteiger partial charge in [-0.25, -0.2) is 4.98 Å². The first kappa shape index (κ1) is 16.4. The average molecular weight is 298 g/mol. The van der Waals surface area contributed by atoms with E-state index in [0.29, 0.717) is 5.56 Å². The summed E-state index contributed by atoms with van der Waals surface area (Å²) in [5, 5.41) is 0.280. The zero-order valence-corrected chi connectivity index (χ0v) is 12.8. The molecule has 2 amide bonds. The lowest BCUT2D eigenvalue weighted by Gasteiger charge is -2.25. The van der Waals surface area contributed by atoms with Crippen LogP contribution in [0, 0.1) is 0 Å². The predicted molar refractivity (Wildman–Crippen MR) is 78.6 cm³/mol. The molecule has 0 aliphatic heterocycles. The highest BCUT2D eigenvalue weighted by molar-refractivity contribution is 6.29. The van der Waals surface area contributed by atoms with Crippen LogP contribution in [0.4, 0.5) is 0 Å². The number of carbonyl (C=O) groups excluding carboxylic acids is 2. The van der Waals surface area contributed by atoms with Crippen LogP contribution in [0.25, 0.3) is 0 Å². The molecule has 2 N–H and O–H groups in total. The third-order valence-corrected chi connectivity index (χ3v) is 3.00. The monoisotopic (exact) mass is 297 g/mol. The van der Waals surface area contributed by atoms with Gasteiger partial charge >= 0.3 is 0 Å². The maximum absolute atomic E-state index is 12.5. The number of nitrogens with two attached hydrogens (primary N) is 1. The molecule has 1 heterocycles. The zero-order chi connectivity index (χ0) is 15.3. The van der Waals surface area contributed by atoms with E-state index in [2.05, 4.69) is 4.98 Å². The minimum atomic E-state index is -0.541. The molecule has 20 heavy (non-hydrogen) atoms. The van der Waals surface area contributed by atoms with Crippen LogP contribution in [-0.4, -0.2) is 34.3 Å². The molecule has 1 aromatic rings. The van der Waals surface area contributed by atoms with E-state index in [0.717, 1.165) is 18.5 Å². The Hall–Kier alpha value is -1.62. The lowest BCUT2D eigenvalue weighted by atomic mass is 10.1. The molecule has 0 fully saturated rings. The third kappa shape index (κ3) is 4.49. The van der Waals surface area contributed by atoms with Gasteiger partial charge in [0.25, 0.3) is 5.91 Å². The Bertz CT molecular complexity index is 503. The summed E-state index contributed by atoms with van der Waals surface area (Å²) < 4.78 is 0. The molecule has 110 valence electrons. The number of nitrogens with zero attached hydrogens (tertiary/aromatic N) is 2. The summed E-state index contributed by atoms with van der Waals surface area (Å²) in [7, 11) is 0. The van der Waals surface area contributed by atoms with Gasteiger partial charge in [-0.15, -0.1) is 0 Å². The van der Waals surface area contributed by atoms with E-state index in [1.54, 1.807) is 6.07 Å². The Kier molecular flexibility index (Phi) is 5.95. The minimum Gasteiger partial charge on any atom is -0.368 e. The van der Waals surface area contributed by atoms with Crippen LogP contribution in [-0.2, 0) is 11.2 Å². The Morgan fingerprint density at radius 2 is 2.05 bits per heavy atom. The molecule has 0 bridgehead atoms. The molecule has 0 aromatic carbocycles. The van der Waals surface area contributed by atoms with E-state index in [1.807, 2.05) is 20.8 Å². The summed E-state index contributed by atoms with van der Waals surface area (Å²) in [6.45, 7) is 5.57. The van der Waals surface area contributed by atoms with E-state index in [1.165, 1.54) is 11.0 Å². The number of rotatable bonds is 6. The van der Waals surface area contributed by atoms with Crippen molar-refractivity contribution in [3.63, 3.8) is 0 Å². The van der Waals surface area contributed by atoms with Gasteiger partial charge in [0, 0.05) is 17.3 Å². The number of hydrogen-bond acceptors (Lipinski definition) is 3. The largest absolute Gasteiger partial charge is 0.368 e. The summed E-state index contributed by atoms with van der Waals surface area (Å²) in [4.78, 5) is 29.1. The fourth-order valence-electron chi connectivity index (χ4n) is 1.88. The minimum absolute atomic E-state index is 0.112. The third-order valence-electron chi connectivity index (χ3n) is 2.81. The second kappa shape index (κ2) is 7.24. The Balaban J connectivity index is 3.07. The first-order valence-electron chi connectivity index (χ1n) is 6.60.